The summed E-state index contributed by atoms with van der Waals surface area (Å²) < 4.78 is 42.1. The summed E-state index contributed by atoms with van der Waals surface area (Å²) in [5.41, 5.74) is 0. The van der Waals surface area contributed by atoms with Crippen LogP contribution in [0.2, 0.25) is 0 Å². The number of halogens is 3. The minimum absolute atomic E-state index is 0.114. The lowest BCUT2D eigenvalue weighted by atomic mass is 10.1. The number of likely N-dealkylation sites (tertiary alicyclic amines) is 1. The quantitative estimate of drug-likeness (QED) is 0.680. The van der Waals surface area contributed by atoms with Crippen molar-refractivity contribution in [2.75, 3.05) is 19.7 Å². The molecule has 0 saturated carbocycles. The van der Waals surface area contributed by atoms with E-state index in [4.69, 9.17) is 0 Å². The Morgan fingerprint density at radius 3 is 2.40 bits per heavy atom. The average Bonchev–Trinajstić information content (AvgIpc) is 1.98. The van der Waals surface area contributed by atoms with Gasteiger partial charge in [0.15, 0.2) is 0 Å². The largest absolute Gasteiger partial charge is 0.466 e. The van der Waals surface area contributed by atoms with Gasteiger partial charge in [-0.05, 0) is 26.4 Å². The minimum atomic E-state index is -4.35. The molecule has 1 unspecified atom stereocenters. The van der Waals surface area contributed by atoms with Gasteiger partial charge in [0.25, 0.3) is 0 Å². The van der Waals surface area contributed by atoms with Crippen molar-refractivity contribution >= 4 is 5.97 Å². The first-order valence-corrected chi connectivity index (χ1v) is 4.91. The van der Waals surface area contributed by atoms with E-state index in [0.717, 1.165) is 6.42 Å². The van der Waals surface area contributed by atoms with Gasteiger partial charge in [0, 0.05) is 0 Å². The van der Waals surface area contributed by atoms with Crippen molar-refractivity contribution in [3.05, 3.63) is 0 Å². The topological polar surface area (TPSA) is 29.5 Å². The van der Waals surface area contributed by atoms with Crippen molar-refractivity contribution in [2.24, 2.45) is 0 Å². The summed E-state index contributed by atoms with van der Waals surface area (Å²) in [5.74, 6) is -0.785. The van der Waals surface area contributed by atoms with E-state index in [9.17, 15) is 18.0 Å². The van der Waals surface area contributed by atoms with E-state index in [-0.39, 0.29) is 6.61 Å². The van der Waals surface area contributed by atoms with Gasteiger partial charge in [-0.1, -0.05) is 0 Å². The average molecular weight is 225 g/mol. The zero-order chi connectivity index (χ0) is 11.5. The van der Waals surface area contributed by atoms with Crippen LogP contribution in [0.5, 0.6) is 0 Å². The summed E-state index contributed by atoms with van der Waals surface area (Å²) in [6, 6.07) is -1.68. The van der Waals surface area contributed by atoms with Crippen molar-refractivity contribution in [2.45, 2.75) is 32.0 Å². The van der Waals surface area contributed by atoms with Gasteiger partial charge < -0.3 is 4.74 Å². The van der Waals surface area contributed by atoms with Crippen LogP contribution in [0.25, 0.3) is 0 Å². The molecular formula is C9H14F3NO2. The Morgan fingerprint density at radius 1 is 1.47 bits per heavy atom. The minimum Gasteiger partial charge on any atom is -0.466 e. The Labute approximate surface area is 86.2 Å². The Kier molecular flexibility index (Phi) is 3.96. The number of carbonyl (C=O) groups is 1. The molecule has 1 atom stereocenters. The van der Waals surface area contributed by atoms with Crippen LogP contribution < -0.4 is 0 Å². The number of hydrogen-bond donors (Lipinski definition) is 0. The van der Waals surface area contributed by atoms with Gasteiger partial charge in [-0.25, -0.2) is 0 Å². The van der Waals surface area contributed by atoms with Crippen LogP contribution >= 0.6 is 0 Å². The Hall–Kier alpha value is -0.780. The number of carbonyl (C=O) groups excluding carboxylic acids is 1. The molecule has 3 nitrogen and oxygen atoms in total. The molecule has 0 radical (unpaired) electrons. The van der Waals surface area contributed by atoms with E-state index >= 15 is 0 Å². The first-order chi connectivity index (χ1) is 6.95. The Bertz CT molecular complexity index is 226. The third-order valence-electron chi connectivity index (χ3n) is 2.37. The standard InChI is InChI=1S/C9H14F3NO2/c1-2-15-8(14)6-7(9(10,11)12)13-4-3-5-13/h7H,2-6H2,1H3. The Morgan fingerprint density at radius 2 is 2.07 bits per heavy atom. The first-order valence-electron chi connectivity index (χ1n) is 4.91. The fourth-order valence-corrected chi connectivity index (χ4v) is 1.48. The molecule has 1 rings (SSSR count). The second-order valence-corrected chi connectivity index (χ2v) is 3.46. The second kappa shape index (κ2) is 4.83. The molecule has 1 aliphatic rings. The zero-order valence-electron chi connectivity index (χ0n) is 8.51. The molecule has 88 valence electrons. The van der Waals surface area contributed by atoms with Gasteiger partial charge in [0.2, 0.25) is 0 Å². The Balaban J connectivity index is 2.53. The van der Waals surface area contributed by atoms with Crippen LogP contribution in [-0.4, -0.2) is 42.8 Å². The molecule has 0 aliphatic carbocycles. The van der Waals surface area contributed by atoms with Gasteiger partial charge in [-0.15, -0.1) is 0 Å². The SMILES string of the molecule is CCOC(=O)CC(N1CCC1)C(F)(F)F. The highest BCUT2D eigenvalue weighted by Crippen LogP contribution is 2.30. The summed E-state index contributed by atoms with van der Waals surface area (Å²) in [7, 11) is 0. The molecule has 1 aliphatic heterocycles. The number of ether oxygens (including phenoxy) is 1. The smallest absolute Gasteiger partial charge is 0.404 e. The highest BCUT2D eigenvalue weighted by molar-refractivity contribution is 5.70. The lowest BCUT2D eigenvalue weighted by molar-refractivity contribution is -0.199. The maximum Gasteiger partial charge on any atom is 0.404 e. The lowest BCUT2D eigenvalue weighted by Crippen LogP contribution is -2.53. The monoisotopic (exact) mass is 225 g/mol. The van der Waals surface area contributed by atoms with Crippen molar-refractivity contribution < 1.29 is 22.7 Å². The van der Waals surface area contributed by atoms with Crippen LogP contribution in [0.15, 0.2) is 0 Å². The molecule has 0 aromatic carbocycles. The van der Waals surface area contributed by atoms with Crippen molar-refractivity contribution in [1.82, 2.24) is 4.90 Å². The molecule has 1 saturated heterocycles. The maximum atomic E-state index is 12.5. The fourth-order valence-electron chi connectivity index (χ4n) is 1.48. The summed E-state index contributed by atoms with van der Waals surface area (Å²) in [6.07, 6.45) is -4.19. The number of hydrogen-bond acceptors (Lipinski definition) is 3. The van der Waals surface area contributed by atoms with Gasteiger partial charge in [0.05, 0.1) is 13.0 Å². The first kappa shape index (κ1) is 12.3. The lowest BCUT2D eigenvalue weighted by Gasteiger charge is -2.38. The van der Waals surface area contributed by atoms with E-state index < -0.39 is 24.6 Å². The van der Waals surface area contributed by atoms with Gasteiger partial charge in [-0.2, -0.15) is 13.2 Å². The highest BCUT2D eigenvalue weighted by Gasteiger charge is 2.46. The third-order valence-corrected chi connectivity index (χ3v) is 2.37. The number of rotatable bonds is 4. The molecule has 0 aromatic heterocycles. The number of nitrogens with zero attached hydrogens (tertiary/aromatic N) is 1. The molecule has 0 bridgehead atoms. The molecule has 1 fully saturated rings. The van der Waals surface area contributed by atoms with Gasteiger partial charge in [-0.3, -0.25) is 9.69 Å². The summed E-state index contributed by atoms with van der Waals surface area (Å²) >= 11 is 0. The normalized spacial score (nSPS) is 19.5. The van der Waals surface area contributed by atoms with Crippen LogP contribution in [0.3, 0.4) is 0 Å². The van der Waals surface area contributed by atoms with E-state index in [2.05, 4.69) is 4.74 Å². The van der Waals surface area contributed by atoms with E-state index in [1.165, 1.54) is 4.90 Å². The van der Waals surface area contributed by atoms with Crippen LogP contribution in [0, 0.1) is 0 Å². The fraction of sp³-hybridized carbons (Fsp3) is 0.889. The van der Waals surface area contributed by atoms with E-state index in [0.29, 0.717) is 13.1 Å². The molecule has 15 heavy (non-hydrogen) atoms. The highest BCUT2D eigenvalue weighted by atomic mass is 19.4. The maximum absolute atomic E-state index is 12.5. The van der Waals surface area contributed by atoms with Gasteiger partial charge in [0.1, 0.15) is 6.04 Å². The van der Waals surface area contributed by atoms with E-state index in [1.807, 2.05) is 0 Å². The molecule has 0 amide bonds. The number of alkyl halides is 3. The van der Waals surface area contributed by atoms with Crippen LogP contribution in [-0.2, 0) is 9.53 Å². The molecule has 0 spiro atoms. The van der Waals surface area contributed by atoms with Crippen molar-refractivity contribution in [3.63, 3.8) is 0 Å². The van der Waals surface area contributed by atoms with Crippen LogP contribution in [0.1, 0.15) is 19.8 Å². The molecule has 0 aromatic rings. The summed E-state index contributed by atoms with van der Waals surface area (Å²) in [6.45, 7) is 2.50. The molecular weight excluding hydrogens is 211 g/mol. The van der Waals surface area contributed by atoms with Crippen molar-refractivity contribution in [3.8, 4) is 0 Å². The predicted octanol–water partition coefficient (Wildman–Crippen LogP) is 1.58. The predicted molar refractivity (Wildman–Crippen MR) is 47.3 cm³/mol. The van der Waals surface area contributed by atoms with E-state index in [1.54, 1.807) is 6.92 Å². The van der Waals surface area contributed by atoms with Gasteiger partial charge >= 0.3 is 12.1 Å². The second-order valence-electron chi connectivity index (χ2n) is 3.46. The number of esters is 1. The van der Waals surface area contributed by atoms with Crippen molar-refractivity contribution in [1.29, 1.82) is 0 Å². The molecule has 6 heteroatoms. The zero-order valence-corrected chi connectivity index (χ0v) is 8.51. The third kappa shape index (κ3) is 3.37. The van der Waals surface area contributed by atoms with Crippen LogP contribution in [0.4, 0.5) is 13.2 Å². The molecule has 0 N–H and O–H groups in total. The molecule has 1 heterocycles. The summed E-state index contributed by atoms with van der Waals surface area (Å²) in [4.78, 5) is 12.3. The summed E-state index contributed by atoms with van der Waals surface area (Å²) in [5, 5.41) is 0.